The molecule has 0 saturated carbocycles. The Morgan fingerprint density at radius 3 is 2.87 bits per heavy atom. The van der Waals surface area contributed by atoms with Crippen LogP contribution in [0.1, 0.15) is 26.0 Å². The molecule has 1 aromatic heterocycles. The molecule has 0 aromatic carbocycles. The molecule has 5 nitrogen and oxygen atoms in total. The number of carbonyl (C=O) groups excluding carboxylic acids is 1. The van der Waals surface area contributed by atoms with E-state index < -0.39 is 5.60 Å². The monoisotopic (exact) mass is 212 g/mol. The number of aliphatic hydroxyl groups is 1. The van der Waals surface area contributed by atoms with Crippen molar-refractivity contribution in [1.82, 2.24) is 9.78 Å². The minimum atomic E-state index is -1.24. The molecule has 84 valence electrons. The minimum absolute atomic E-state index is 0.0229. The molecule has 0 aliphatic rings. The summed E-state index contributed by atoms with van der Waals surface area (Å²) in [5.41, 5.74) is -0.695. The third-order valence-electron chi connectivity index (χ3n) is 2.32. The maximum atomic E-state index is 10.5. The predicted octanol–water partition coefficient (Wildman–Crippen LogP) is 0.708. The molecule has 0 fully saturated rings. The van der Waals surface area contributed by atoms with Crippen LogP contribution in [0.15, 0.2) is 6.20 Å². The molecule has 0 amide bonds. The maximum Gasteiger partial charge on any atom is 0.162 e. The van der Waals surface area contributed by atoms with Crippen LogP contribution in [0.5, 0.6) is 5.75 Å². The fourth-order valence-corrected chi connectivity index (χ4v) is 1.56. The highest BCUT2D eigenvalue weighted by Gasteiger charge is 2.30. The highest BCUT2D eigenvalue weighted by atomic mass is 16.5. The van der Waals surface area contributed by atoms with Gasteiger partial charge in [0.25, 0.3) is 0 Å². The van der Waals surface area contributed by atoms with E-state index in [9.17, 15) is 9.90 Å². The highest BCUT2D eigenvalue weighted by molar-refractivity contribution is 5.53. The van der Waals surface area contributed by atoms with Gasteiger partial charge in [-0.3, -0.25) is 4.68 Å². The number of ether oxygens (including phenoxy) is 1. The first-order valence-corrected chi connectivity index (χ1v) is 4.83. The van der Waals surface area contributed by atoms with E-state index in [1.807, 2.05) is 6.92 Å². The smallest absolute Gasteiger partial charge is 0.162 e. The molecule has 1 aromatic rings. The van der Waals surface area contributed by atoms with Crippen LogP contribution in [-0.2, 0) is 16.9 Å². The van der Waals surface area contributed by atoms with Crippen LogP contribution in [-0.4, -0.2) is 28.3 Å². The van der Waals surface area contributed by atoms with Gasteiger partial charge in [0.1, 0.15) is 17.6 Å². The molecule has 0 aliphatic carbocycles. The first kappa shape index (κ1) is 11.7. The number of nitrogens with zero attached hydrogens (tertiary/aromatic N) is 2. The van der Waals surface area contributed by atoms with E-state index in [4.69, 9.17) is 4.74 Å². The minimum Gasteiger partial charge on any atom is -0.493 e. The van der Waals surface area contributed by atoms with Crippen molar-refractivity contribution in [2.75, 3.05) is 7.11 Å². The van der Waals surface area contributed by atoms with Gasteiger partial charge in [-0.25, -0.2) is 0 Å². The summed E-state index contributed by atoms with van der Waals surface area (Å²) < 4.78 is 6.73. The summed E-state index contributed by atoms with van der Waals surface area (Å²) in [6.07, 6.45) is 2.25. The lowest BCUT2D eigenvalue weighted by atomic mass is 9.98. The lowest BCUT2D eigenvalue weighted by Gasteiger charge is -2.22. The molecule has 0 aliphatic heterocycles. The number of aryl methyl sites for hydroxylation is 1. The first-order chi connectivity index (χ1) is 7.06. The lowest BCUT2D eigenvalue weighted by Crippen LogP contribution is -2.26. The van der Waals surface area contributed by atoms with E-state index in [2.05, 4.69) is 5.10 Å². The largest absolute Gasteiger partial charge is 0.493 e. The van der Waals surface area contributed by atoms with Gasteiger partial charge in [0.15, 0.2) is 5.75 Å². The third kappa shape index (κ3) is 2.18. The first-order valence-electron chi connectivity index (χ1n) is 4.83. The van der Waals surface area contributed by atoms with E-state index in [0.717, 1.165) is 0 Å². The van der Waals surface area contributed by atoms with E-state index in [0.29, 0.717) is 24.3 Å². The Labute approximate surface area is 88.7 Å². The number of hydrogen-bond donors (Lipinski definition) is 1. The van der Waals surface area contributed by atoms with Crippen molar-refractivity contribution in [3.8, 4) is 5.75 Å². The molecule has 0 radical (unpaired) electrons. The molecule has 1 unspecified atom stereocenters. The molecule has 1 heterocycles. The molecule has 1 rings (SSSR count). The zero-order valence-electron chi connectivity index (χ0n) is 9.23. The Hall–Kier alpha value is -1.36. The third-order valence-corrected chi connectivity index (χ3v) is 2.32. The summed E-state index contributed by atoms with van der Waals surface area (Å²) in [7, 11) is 1.51. The zero-order chi connectivity index (χ0) is 11.5. The summed E-state index contributed by atoms with van der Waals surface area (Å²) in [6.45, 7) is 4.10. The molecule has 5 heteroatoms. The van der Waals surface area contributed by atoms with E-state index in [1.165, 1.54) is 13.3 Å². The van der Waals surface area contributed by atoms with Crippen molar-refractivity contribution in [2.24, 2.45) is 0 Å². The Morgan fingerprint density at radius 2 is 2.40 bits per heavy atom. The second kappa shape index (κ2) is 4.44. The van der Waals surface area contributed by atoms with E-state index in [-0.39, 0.29) is 6.42 Å². The van der Waals surface area contributed by atoms with Crippen LogP contribution in [0.25, 0.3) is 0 Å². The molecule has 0 spiro atoms. The number of hydrogen-bond acceptors (Lipinski definition) is 4. The van der Waals surface area contributed by atoms with Crippen LogP contribution in [0.4, 0.5) is 0 Å². The van der Waals surface area contributed by atoms with Gasteiger partial charge in [0.05, 0.1) is 13.3 Å². The van der Waals surface area contributed by atoms with Crippen molar-refractivity contribution in [3.05, 3.63) is 11.9 Å². The molecule has 0 bridgehead atoms. The van der Waals surface area contributed by atoms with Crippen LogP contribution in [0.2, 0.25) is 0 Å². The quantitative estimate of drug-likeness (QED) is 0.730. The van der Waals surface area contributed by atoms with Gasteiger partial charge in [0.2, 0.25) is 0 Å². The second-order valence-electron chi connectivity index (χ2n) is 3.52. The molecular weight excluding hydrogens is 196 g/mol. The SMILES string of the molecule is CCn1ncc(OC)c1C(C)(O)CC=O. The van der Waals surface area contributed by atoms with Gasteiger partial charge in [0, 0.05) is 13.0 Å². The summed E-state index contributed by atoms with van der Waals surface area (Å²) in [4.78, 5) is 10.5. The number of carbonyl (C=O) groups is 1. The van der Waals surface area contributed by atoms with Crippen molar-refractivity contribution in [2.45, 2.75) is 32.4 Å². The normalized spacial score (nSPS) is 14.7. The predicted molar refractivity (Wildman–Crippen MR) is 54.7 cm³/mol. The molecule has 1 atom stereocenters. The van der Waals surface area contributed by atoms with Crippen LogP contribution >= 0.6 is 0 Å². The number of rotatable bonds is 5. The number of aldehydes is 1. The molecular formula is C10H16N2O3. The van der Waals surface area contributed by atoms with Gasteiger partial charge in [-0.1, -0.05) is 0 Å². The van der Waals surface area contributed by atoms with Crippen LogP contribution in [0, 0.1) is 0 Å². The molecule has 1 N–H and O–H groups in total. The van der Waals surface area contributed by atoms with Gasteiger partial charge in [-0.2, -0.15) is 5.10 Å². The summed E-state index contributed by atoms with van der Waals surface area (Å²) in [5, 5.41) is 14.2. The van der Waals surface area contributed by atoms with E-state index in [1.54, 1.807) is 11.6 Å². The van der Waals surface area contributed by atoms with Gasteiger partial charge in [-0.15, -0.1) is 0 Å². The lowest BCUT2D eigenvalue weighted by molar-refractivity contribution is -0.112. The number of methoxy groups -OCH3 is 1. The standard InChI is InChI=1S/C10H16N2O3/c1-4-12-9(8(15-3)7-11-12)10(2,14)5-6-13/h6-7,14H,4-5H2,1-3H3. The highest BCUT2D eigenvalue weighted by Crippen LogP contribution is 2.31. The van der Waals surface area contributed by atoms with Crippen molar-refractivity contribution < 1.29 is 14.6 Å². The van der Waals surface area contributed by atoms with Crippen molar-refractivity contribution >= 4 is 6.29 Å². The Balaban J connectivity index is 3.19. The fourth-order valence-electron chi connectivity index (χ4n) is 1.56. The second-order valence-corrected chi connectivity index (χ2v) is 3.52. The summed E-state index contributed by atoms with van der Waals surface area (Å²) >= 11 is 0. The number of aromatic nitrogens is 2. The topological polar surface area (TPSA) is 64.3 Å². The molecule has 15 heavy (non-hydrogen) atoms. The van der Waals surface area contributed by atoms with Crippen LogP contribution in [0.3, 0.4) is 0 Å². The average molecular weight is 212 g/mol. The Kier molecular flexibility index (Phi) is 3.47. The molecule has 0 saturated heterocycles. The van der Waals surface area contributed by atoms with Crippen molar-refractivity contribution in [3.63, 3.8) is 0 Å². The van der Waals surface area contributed by atoms with Gasteiger partial charge < -0.3 is 14.6 Å². The van der Waals surface area contributed by atoms with E-state index >= 15 is 0 Å². The van der Waals surface area contributed by atoms with Gasteiger partial charge in [-0.05, 0) is 13.8 Å². The average Bonchev–Trinajstić information content (AvgIpc) is 2.60. The Morgan fingerprint density at radius 1 is 1.73 bits per heavy atom. The van der Waals surface area contributed by atoms with Crippen molar-refractivity contribution in [1.29, 1.82) is 0 Å². The van der Waals surface area contributed by atoms with Gasteiger partial charge >= 0.3 is 0 Å². The Bertz CT molecular complexity index is 323. The summed E-state index contributed by atoms with van der Waals surface area (Å²) in [6, 6.07) is 0. The fraction of sp³-hybridized carbons (Fsp3) is 0.600. The van der Waals surface area contributed by atoms with Crippen LogP contribution < -0.4 is 4.74 Å². The zero-order valence-corrected chi connectivity index (χ0v) is 9.23. The maximum absolute atomic E-state index is 10.5. The summed E-state index contributed by atoms with van der Waals surface area (Å²) in [5.74, 6) is 0.503.